The van der Waals surface area contributed by atoms with Crippen LogP contribution in [0.1, 0.15) is 74.8 Å². The smallest absolute Gasteiger partial charge is 0.337 e. The van der Waals surface area contributed by atoms with Crippen LogP contribution in [0, 0.1) is 10.1 Å². The highest BCUT2D eigenvalue weighted by Crippen LogP contribution is 2.47. The maximum Gasteiger partial charge on any atom is 0.337 e. The van der Waals surface area contributed by atoms with Crippen molar-refractivity contribution in [2.75, 3.05) is 0 Å². The summed E-state index contributed by atoms with van der Waals surface area (Å²) in [5.41, 5.74) is 2.78. The molecule has 0 bridgehead atoms. The number of nitrogens with one attached hydrogen (secondary N) is 1. The van der Waals surface area contributed by atoms with Crippen molar-refractivity contribution < 1.29 is 24.4 Å². The Kier molecular flexibility index (Phi) is 6.82. The van der Waals surface area contributed by atoms with Gasteiger partial charge in [-0.1, -0.05) is 48.9 Å². The van der Waals surface area contributed by atoms with Gasteiger partial charge < -0.3 is 15.2 Å². The first-order valence-corrected chi connectivity index (χ1v) is 12.8. The van der Waals surface area contributed by atoms with Gasteiger partial charge in [0.2, 0.25) is 0 Å². The quantitative estimate of drug-likeness (QED) is 0.351. The van der Waals surface area contributed by atoms with Crippen LogP contribution in [0.4, 0.5) is 5.69 Å². The molecule has 1 saturated carbocycles. The summed E-state index contributed by atoms with van der Waals surface area (Å²) in [5.74, 6) is -2.25. The van der Waals surface area contributed by atoms with E-state index in [0.29, 0.717) is 29.0 Å². The molecular formula is C29H29N2O6-. The van der Waals surface area contributed by atoms with E-state index >= 15 is 0 Å². The molecule has 8 nitrogen and oxygen atoms in total. The van der Waals surface area contributed by atoms with Gasteiger partial charge in [0, 0.05) is 35.4 Å². The van der Waals surface area contributed by atoms with Crippen molar-refractivity contribution in [2.45, 2.75) is 69.8 Å². The summed E-state index contributed by atoms with van der Waals surface area (Å²) in [6, 6.07) is 13.6. The Bertz CT molecular complexity index is 1310. The molecule has 1 fully saturated rings. The number of Topliss-reactive ketones (excluding diaryl/α,β-unsaturated/α-hetero) is 1. The summed E-state index contributed by atoms with van der Waals surface area (Å²) in [4.78, 5) is 38.1. The molecule has 0 spiro atoms. The zero-order valence-electron chi connectivity index (χ0n) is 20.7. The lowest BCUT2D eigenvalue weighted by Gasteiger charge is -2.37. The second-order valence-electron chi connectivity index (χ2n) is 10.1. The summed E-state index contributed by atoms with van der Waals surface area (Å²) in [5, 5.41) is 27.0. The summed E-state index contributed by atoms with van der Waals surface area (Å²) >= 11 is 0. The molecule has 0 saturated heterocycles. The molecule has 1 N–H and O–H groups in total. The Labute approximate surface area is 215 Å². The number of allylic oxidation sites excluding steroid dienone is 3. The molecule has 37 heavy (non-hydrogen) atoms. The highest BCUT2D eigenvalue weighted by atomic mass is 16.6. The molecule has 8 heteroatoms. The van der Waals surface area contributed by atoms with Crippen LogP contribution < -0.4 is 10.4 Å². The number of nitro benzene ring substituents is 1. The molecule has 2 atom stereocenters. The predicted octanol–water partition coefficient (Wildman–Crippen LogP) is 4.91. The zero-order valence-corrected chi connectivity index (χ0v) is 20.7. The van der Waals surface area contributed by atoms with Gasteiger partial charge in [-0.3, -0.25) is 14.9 Å². The van der Waals surface area contributed by atoms with Crippen LogP contribution in [0.2, 0.25) is 0 Å². The highest BCUT2D eigenvalue weighted by Gasteiger charge is 2.42. The number of hydrogen-bond donors (Lipinski definition) is 1. The second-order valence-corrected chi connectivity index (χ2v) is 10.1. The Morgan fingerprint density at radius 3 is 2.46 bits per heavy atom. The third-order valence-corrected chi connectivity index (χ3v) is 7.66. The monoisotopic (exact) mass is 501 g/mol. The molecule has 0 aromatic heterocycles. The van der Waals surface area contributed by atoms with Crippen LogP contribution in [0.5, 0.6) is 5.75 Å². The van der Waals surface area contributed by atoms with Crippen LogP contribution in [0.15, 0.2) is 71.1 Å². The fourth-order valence-electron chi connectivity index (χ4n) is 5.86. The summed E-state index contributed by atoms with van der Waals surface area (Å²) in [6.45, 7) is 1.77. The summed E-state index contributed by atoms with van der Waals surface area (Å²) in [6.07, 6.45) is 5.29. The molecule has 3 aliphatic rings. The fourth-order valence-corrected chi connectivity index (χ4v) is 5.86. The first kappa shape index (κ1) is 24.7. The lowest BCUT2D eigenvalue weighted by molar-refractivity contribution is -0.398. The van der Waals surface area contributed by atoms with E-state index in [9.17, 15) is 24.8 Å². The van der Waals surface area contributed by atoms with Gasteiger partial charge in [0.05, 0.1) is 10.5 Å². The molecule has 5 rings (SSSR count). The van der Waals surface area contributed by atoms with E-state index in [1.54, 1.807) is 6.92 Å². The lowest BCUT2D eigenvalue weighted by Crippen LogP contribution is -2.37. The number of nitrogens with zero attached hydrogens (tertiary/aromatic N) is 1. The number of carbonyl (C=O) groups is 2. The van der Waals surface area contributed by atoms with E-state index in [-0.39, 0.29) is 29.8 Å². The molecule has 0 amide bonds. The molecule has 1 aliphatic heterocycles. The second kappa shape index (κ2) is 10.2. The minimum absolute atomic E-state index is 0.0255. The molecule has 2 aromatic carbocycles. The van der Waals surface area contributed by atoms with Crippen LogP contribution in [0.25, 0.3) is 0 Å². The standard InChI is InChI=1S/C29H30N2O6/c1-17-26(29(34)37-21-10-6-3-7-11-21)27(19-12-13-24(32)23(15-19)31(35)36)28-22(30-17)14-20(16-25(28)33)18-8-4-2-5-9-18/h2,4-5,8-9,12-13,15,20-21,27,30,32H,3,6-7,10-11,14,16H2,1H3/p-1. The molecule has 2 unspecified atom stereocenters. The minimum Gasteiger partial charge on any atom is -0.868 e. The van der Waals surface area contributed by atoms with Gasteiger partial charge in [-0.25, -0.2) is 4.79 Å². The Morgan fingerprint density at radius 2 is 1.76 bits per heavy atom. The van der Waals surface area contributed by atoms with Gasteiger partial charge >= 0.3 is 5.97 Å². The minimum atomic E-state index is -0.851. The van der Waals surface area contributed by atoms with Crippen LogP contribution in [-0.4, -0.2) is 22.8 Å². The first-order valence-electron chi connectivity index (χ1n) is 12.8. The molecular weight excluding hydrogens is 472 g/mol. The number of esters is 1. The van der Waals surface area contributed by atoms with E-state index in [4.69, 9.17) is 4.74 Å². The van der Waals surface area contributed by atoms with Crippen molar-refractivity contribution in [3.8, 4) is 5.75 Å². The first-order chi connectivity index (χ1) is 17.8. The van der Waals surface area contributed by atoms with Crippen molar-refractivity contribution >= 4 is 17.4 Å². The number of ketones is 1. The highest BCUT2D eigenvalue weighted by molar-refractivity contribution is 6.04. The largest absolute Gasteiger partial charge is 0.868 e. The third-order valence-electron chi connectivity index (χ3n) is 7.66. The molecule has 2 aromatic rings. The average molecular weight is 502 g/mol. The predicted molar refractivity (Wildman–Crippen MR) is 135 cm³/mol. The number of hydrogen-bond acceptors (Lipinski definition) is 7. The van der Waals surface area contributed by atoms with E-state index in [0.717, 1.165) is 43.7 Å². The van der Waals surface area contributed by atoms with E-state index in [2.05, 4.69) is 5.32 Å². The maximum atomic E-state index is 13.7. The number of ether oxygens (including phenoxy) is 1. The van der Waals surface area contributed by atoms with Crippen LogP contribution in [0.3, 0.4) is 0 Å². The normalized spacial score (nSPS) is 22.4. The average Bonchev–Trinajstić information content (AvgIpc) is 2.89. The topological polar surface area (TPSA) is 122 Å². The Hall–Kier alpha value is -3.94. The van der Waals surface area contributed by atoms with Crippen molar-refractivity contribution in [2.24, 2.45) is 0 Å². The summed E-state index contributed by atoms with van der Waals surface area (Å²) in [7, 11) is 0. The van der Waals surface area contributed by atoms with Crippen LogP contribution >= 0.6 is 0 Å². The van der Waals surface area contributed by atoms with E-state index in [1.165, 1.54) is 12.1 Å². The van der Waals surface area contributed by atoms with Gasteiger partial charge in [0.1, 0.15) is 6.10 Å². The number of dihydropyridines is 1. The molecule has 0 radical (unpaired) electrons. The van der Waals surface area contributed by atoms with Crippen molar-refractivity contribution in [3.05, 3.63) is 92.3 Å². The molecule has 2 aliphatic carbocycles. The SMILES string of the molecule is CC1=C(C(=O)OC2CCCCC2)C(c2ccc([O-])c([N+](=O)[O-])c2)C2=C(CC(c3ccccc3)CC2=O)N1. The number of nitro groups is 1. The molecule has 192 valence electrons. The van der Waals surface area contributed by atoms with Gasteiger partial charge in [0.25, 0.3) is 5.69 Å². The van der Waals surface area contributed by atoms with Gasteiger partial charge in [-0.2, -0.15) is 0 Å². The maximum absolute atomic E-state index is 13.7. The molecule has 1 heterocycles. The van der Waals surface area contributed by atoms with Crippen molar-refractivity contribution in [3.63, 3.8) is 0 Å². The summed E-state index contributed by atoms with van der Waals surface area (Å²) < 4.78 is 5.89. The third kappa shape index (κ3) is 4.88. The number of rotatable bonds is 5. The van der Waals surface area contributed by atoms with Crippen LogP contribution in [-0.2, 0) is 14.3 Å². The van der Waals surface area contributed by atoms with Crippen molar-refractivity contribution in [1.29, 1.82) is 0 Å². The lowest BCUT2D eigenvalue weighted by atomic mass is 9.71. The Balaban J connectivity index is 1.58. The Morgan fingerprint density at radius 1 is 1.03 bits per heavy atom. The fraction of sp³-hybridized carbons (Fsp3) is 0.379. The number of carbonyl (C=O) groups excluding carboxylic acids is 2. The van der Waals surface area contributed by atoms with Crippen molar-refractivity contribution in [1.82, 2.24) is 5.32 Å². The number of benzene rings is 2. The van der Waals surface area contributed by atoms with Gasteiger partial charge in [-0.15, -0.1) is 0 Å². The van der Waals surface area contributed by atoms with Gasteiger partial charge in [0.15, 0.2) is 5.78 Å². The zero-order chi connectivity index (χ0) is 26.1. The van der Waals surface area contributed by atoms with E-state index < -0.39 is 28.2 Å². The van der Waals surface area contributed by atoms with E-state index in [1.807, 2.05) is 30.3 Å². The van der Waals surface area contributed by atoms with Gasteiger partial charge in [-0.05, 0) is 61.8 Å².